The number of rotatable bonds is 8. The van der Waals surface area contributed by atoms with Crippen molar-refractivity contribution in [1.29, 1.82) is 0 Å². The zero-order valence-corrected chi connectivity index (χ0v) is 15.5. The molecule has 0 unspecified atom stereocenters. The van der Waals surface area contributed by atoms with E-state index in [4.69, 9.17) is 4.74 Å². The van der Waals surface area contributed by atoms with Crippen molar-refractivity contribution in [3.8, 4) is 0 Å². The SMILES string of the molecule is CCOC(=O)/C=C/C(=O)OCC(=O)Nc1ccccc1Sc1ccccc1. The van der Waals surface area contributed by atoms with E-state index in [2.05, 4.69) is 10.1 Å². The first-order chi connectivity index (χ1) is 13.1. The van der Waals surface area contributed by atoms with Crippen LogP contribution in [0.1, 0.15) is 6.92 Å². The molecule has 0 saturated carbocycles. The minimum absolute atomic E-state index is 0.209. The molecule has 27 heavy (non-hydrogen) atoms. The Labute approximate surface area is 161 Å². The van der Waals surface area contributed by atoms with E-state index < -0.39 is 24.5 Å². The van der Waals surface area contributed by atoms with Crippen molar-refractivity contribution in [2.45, 2.75) is 16.7 Å². The summed E-state index contributed by atoms with van der Waals surface area (Å²) in [5.74, 6) is -1.93. The number of ether oxygens (including phenoxy) is 2. The first kappa shape index (κ1) is 20.3. The fourth-order valence-corrected chi connectivity index (χ4v) is 2.89. The summed E-state index contributed by atoms with van der Waals surface area (Å²) in [5.41, 5.74) is 0.620. The Bertz CT molecular complexity index is 820. The Kier molecular flexibility index (Phi) is 8.12. The maximum absolute atomic E-state index is 12.0. The van der Waals surface area contributed by atoms with Crippen molar-refractivity contribution in [2.24, 2.45) is 0 Å². The van der Waals surface area contributed by atoms with Crippen LogP contribution < -0.4 is 5.32 Å². The molecule has 1 amide bonds. The van der Waals surface area contributed by atoms with Gasteiger partial charge in [-0.3, -0.25) is 4.79 Å². The minimum atomic E-state index is -0.801. The molecular weight excluding hydrogens is 366 g/mol. The Morgan fingerprint density at radius 2 is 1.56 bits per heavy atom. The van der Waals surface area contributed by atoms with Crippen LogP contribution in [0, 0.1) is 0 Å². The van der Waals surface area contributed by atoms with Gasteiger partial charge in [-0.15, -0.1) is 0 Å². The number of carbonyl (C=O) groups is 3. The van der Waals surface area contributed by atoms with Crippen LogP contribution in [-0.4, -0.2) is 31.1 Å². The number of hydrogen-bond donors (Lipinski definition) is 1. The van der Waals surface area contributed by atoms with Gasteiger partial charge in [0.05, 0.1) is 12.3 Å². The Hall–Kier alpha value is -3.06. The Morgan fingerprint density at radius 3 is 2.26 bits per heavy atom. The number of hydrogen-bond acceptors (Lipinski definition) is 6. The molecule has 0 atom stereocenters. The lowest BCUT2D eigenvalue weighted by Gasteiger charge is -2.10. The highest BCUT2D eigenvalue weighted by Gasteiger charge is 2.10. The van der Waals surface area contributed by atoms with Gasteiger partial charge in [-0.05, 0) is 31.2 Å². The normalized spacial score (nSPS) is 10.4. The monoisotopic (exact) mass is 385 g/mol. The molecule has 0 bridgehead atoms. The van der Waals surface area contributed by atoms with Crippen molar-refractivity contribution in [2.75, 3.05) is 18.5 Å². The van der Waals surface area contributed by atoms with E-state index >= 15 is 0 Å². The quantitative estimate of drug-likeness (QED) is 0.554. The molecule has 0 aliphatic heterocycles. The molecule has 0 radical (unpaired) electrons. The van der Waals surface area contributed by atoms with Gasteiger partial charge in [0.1, 0.15) is 0 Å². The molecule has 0 heterocycles. The zero-order chi connectivity index (χ0) is 19.5. The minimum Gasteiger partial charge on any atom is -0.463 e. The number of benzene rings is 2. The van der Waals surface area contributed by atoms with E-state index in [9.17, 15) is 14.4 Å². The number of para-hydroxylation sites is 1. The third-order valence-corrected chi connectivity index (χ3v) is 4.20. The molecule has 2 aromatic rings. The number of amides is 1. The maximum atomic E-state index is 12.0. The second-order valence-corrected chi connectivity index (χ2v) is 6.27. The average Bonchev–Trinajstić information content (AvgIpc) is 2.67. The van der Waals surface area contributed by atoms with E-state index in [1.54, 1.807) is 19.1 Å². The van der Waals surface area contributed by atoms with Gasteiger partial charge in [0, 0.05) is 21.9 Å². The highest BCUT2D eigenvalue weighted by atomic mass is 32.2. The smallest absolute Gasteiger partial charge is 0.331 e. The number of carbonyl (C=O) groups excluding carboxylic acids is 3. The number of nitrogens with one attached hydrogen (secondary N) is 1. The second kappa shape index (κ2) is 10.8. The highest BCUT2D eigenvalue weighted by molar-refractivity contribution is 7.99. The van der Waals surface area contributed by atoms with E-state index in [0.717, 1.165) is 21.9 Å². The van der Waals surface area contributed by atoms with Gasteiger partial charge in [-0.25, -0.2) is 9.59 Å². The Morgan fingerprint density at radius 1 is 0.926 bits per heavy atom. The molecule has 0 aliphatic rings. The fourth-order valence-electron chi connectivity index (χ4n) is 1.97. The lowest BCUT2D eigenvalue weighted by atomic mass is 10.3. The molecule has 6 nitrogen and oxygen atoms in total. The van der Waals surface area contributed by atoms with Gasteiger partial charge in [0.15, 0.2) is 6.61 Å². The van der Waals surface area contributed by atoms with Gasteiger partial charge >= 0.3 is 11.9 Å². The van der Waals surface area contributed by atoms with Crippen molar-refractivity contribution >= 4 is 35.3 Å². The molecule has 0 aromatic heterocycles. The molecule has 140 valence electrons. The van der Waals surface area contributed by atoms with Gasteiger partial charge in [-0.1, -0.05) is 42.1 Å². The van der Waals surface area contributed by atoms with E-state index in [1.807, 2.05) is 42.5 Å². The molecule has 0 spiro atoms. The van der Waals surface area contributed by atoms with Crippen molar-refractivity contribution in [3.63, 3.8) is 0 Å². The average molecular weight is 385 g/mol. The predicted molar refractivity (Wildman–Crippen MR) is 102 cm³/mol. The molecule has 0 aliphatic carbocycles. The summed E-state index contributed by atoms with van der Waals surface area (Å²) in [4.78, 5) is 36.6. The fraction of sp³-hybridized carbons (Fsp3) is 0.150. The van der Waals surface area contributed by atoms with E-state index in [1.165, 1.54) is 11.8 Å². The van der Waals surface area contributed by atoms with Crippen LogP contribution >= 0.6 is 11.8 Å². The summed E-state index contributed by atoms with van der Waals surface area (Å²) in [5, 5.41) is 2.72. The first-order valence-corrected chi connectivity index (χ1v) is 9.03. The predicted octanol–water partition coefficient (Wildman–Crippen LogP) is 3.44. The molecule has 0 fully saturated rings. The van der Waals surface area contributed by atoms with E-state index in [-0.39, 0.29) is 6.61 Å². The lowest BCUT2D eigenvalue weighted by Crippen LogP contribution is -2.20. The second-order valence-electron chi connectivity index (χ2n) is 5.15. The van der Waals surface area contributed by atoms with Crippen LogP contribution in [0.2, 0.25) is 0 Å². The van der Waals surface area contributed by atoms with Crippen LogP contribution in [0.15, 0.2) is 76.5 Å². The maximum Gasteiger partial charge on any atom is 0.331 e. The molecule has 7 heteroatoms. The first-order valence-electron chi connectivity index (χ1n) is 8.22. The molecule has 1 N–H and O–H groups in total. The van der Waals surface area contributed by atoms with Crippen LogP contribution in [0.5, 0.6) is 0 Å². The largest absolute Gasteiger partial charge is 0.463 e. The summed E-state index contributed by atoms with van der Waals surface area (Å²) in [7, 11) is 0. The topological polar surface area (TPSA) is 81.7 Å². The van der Waals surface area contributed by atoms with Crippen LogP contribution in [0.4, 0.5) is 5.69 Å². The summed E-state index contributed by atoms with van der Waals surface area (Å²) >= 11 is 1.51. The summed E-state index contributed by atoms with van der Waals surface area (Å²) in [6.07, 6.45) is 1.88. The number of anilines is 1. The molecule has 2 rings (SSSR count). The van der Waals surface area contributed by atoms with Crippen molar-refractivity contribution in [1.82, 2.24) is 0 Å². The standard InChI is InChI=1S/C20H19NO5S/c1-2-25-19(23)12-13-20(24)26-14-18(22)21-16-10-6-7-11-17(16)27-15-8-4-3-5-9-15/h3-13H,2,14H2,1H3,(H,21,22)/b13-12+. The van der Waals surface area contributed by atoms with Gasteiger partial charge in [0.25, 0.3) is 5.91 Å². The molecule has 2 aromatic carbocycles. The van der Waals surface area contributed by atoms with Crippen LogP contribution in [-0.2, 0) is 23.9 Å². The molecular formula is C20H19NO5S. The van der Waals surface area contributed by atoms with Crippen molar-refractivity contribution in [3.05, 3.63) is 66.7 Å². The summed E-state index contributed by atoms with van der Waals surface area (Å²) in [6.45, 7) is 1.40. The third kappa shape index (κ3) is 7.37. The lowest BCUT2D eigenvalue weighted by molar-refractivity contribution is -0.143. The van der Waals surface area contributed by atoms with Gasteiger partial charge in [-0.2, -0.15) is 0 Å². The van der Waals surface area contributed by atoms with E-state index in [0.29, 0.717) is 5.69 Å². The zero-order valence-electron chi connectivity index (χ0n) is 14.7. The van der Waals surface area contributed by atoms with Crippen molar-refractivity contribution < 1.29 is 23.9 Å². The Balaban J connectivity index is 1.89. The number of esters is 2. The van der Waals surface area contributed by atoms with Gasteiger partial charge < -0.3 is 14.8 Å². The van der Waals surface area contributed by atoms with Gasteiger partial charge in [0.2, 0.25) is 0 Å². The van der Waals surface area contributed by atoms with Crippen LogP contribution in [0.25, 0.3) is 0 Å². The molecule has 0 saturated heterocycles. The summed E-state index contributed by atoms with van der Waals surface area (Å²) in [6, 6.07) is 17.1. The third-order valence-electron chi connectivity index (χ3n) is 3.12. The summed E-state index contributed by atoms with van der Waals surface area (Å²) < 4.78 is 9.45. The highest BCUT2D eigenvalue weighted by Crippen LogP contribution is 2.33. The van der Waals surface area contributed by atoms with Crippen LogP contribution in [0.3, 0.4) is 0 Å².